The number of rotatable bonds is 6. The second-order valence-corrected chi connectivity index (χ2v) is 5.82. The Bertz CT molecular complexity index is 654. The number of thioether (sulfide) groups is 1. The normalized spacial score (nSPS) is 10.2. The van der Waals surface area contributed by atoms with Crippen LogP contribution in [0.15, 0.2) is 48.5 Å². The lowest BCUT2D eigenvalue weighted by molar-refractivity contribution is -0.384. The predicted molar refractivity (Wildman–Crippen MR) is 89.1 cm³/mol. The highest BCUT2D eigenvalue weighted by Crippen LogP contribution is 2.17. The molecule has 0 aliphatic heterocycles. The van der Waals surface area contributed by atoms with Crippen molar-refractivity contribution in [3.63, 3.8) is 0 Å². The number of carbonyl (C=O) groups excluding carboxylic acids is 1. The molecule has 22 heavy (non-hydrogen) atoms. The number of nitrogens with zero attached hydrogens (tertiary/aromatic N) is 1. The first-order valence-electron chi connectivity index (χ1n) is 6.72. The summed E-state index contributed by atoms with van der Waals surface area (Å²) in [6.07, 6.45) is 0. The van der Waals surface area contributed by atoms with Gasteiger partial charge in [-0.25, -0.2) is 0 Å². The minimum Gasteiger partial charge on any atom is -0.325 e. The first kappa shape index (κ1) is 16.0. The molecule has 0 aliphatic carbocycles. The zero-order valence-electron chi connectivity index (χ0n) is 12.1. The Labute approximate surface area is 132 Å². The molecule has 0 atom stereocenters. The lowest BCUT2D eigenvalue weighted by Crippen LogP contribution is -2.14. The molecule has 2 aromatic carbocycles. The molecule has 114 valence electrons. The van der Waals surface area contributed by atoms with Crippen molar-refractivity contribution in [3.05, 3.63) is 69.8 Å². The third-order valence-electron chi connectivity index (χ3n) is 2.98. The number of carbonyl (C=O) groups is 1. The van der Waals surface area contributed by atoms with Crippen LogP contribution < -0.4 is 5.32 Å². The van der Waals surface area contributed by atoms with Gasteiger partial charge in [0.1, 0.15) is 0 Å². The van der Waals surface area contributed by atoms with Gasteiger partial charge < -0.3 is 5.32 Å². The van der Waals surface area contributed by atoms with Gasteiger partial charge in [-0.1, -0.05) is 29.8 Å². The molecule has 0 saturated heterocycles. The summed E-state index contributed by atoms with van der Waals surface area (Å²) in [5.74, 6) is 0.917. The minimum absolute atomic E-state index is 0.0595. The molecule has 0 bridgehead atoms. The van der Waals surface area contributed by atoms with Crippen molar-refractivity contribution in [1.29, 1.82) is 0 Å². The number of nitrogens with one attached hydrogen (secondary N) is 1. The van der Waals surface area contributed by atoms with Crippen LogP contribution >= 0.6 is 11.8 Å². The lowest BCUT2D eigenvalue weighted by atomic mass is 10.2. The molecule has 0 fully saturated rings. The molecule has 0 spiro atoms. The van der Waals surface area contributed by atoms with Crippen LogP contribution in [0.25, 0.3) is 0 Å². The number of hydrogen-bond acceptors (Lipinski definition) is 4. The molecule has 0 unspecified atom stereocenters. The second kappa shape index (κ2) is 7.61. The van der Waals surface area contributed by atoms with Crippen LogP contribution in [0.1, 0.15) is 11.1 Å². The summed E-state index contributed by atoms with van der Waals surface area (Å²) in [6.45, 7) is 1.99. The Morgan fingerprint density at radius 3 is 2.36 bits per heavy atom. The van der Waals surface area contributed by atoms with E-state index in [2.05, 4.69) is 5.32 Å². The van der Waals surface area contributed by atoms with E-state index in [0.29, 0.717) is 11.5 Å². The van der Waals surface area contributed by atoms with E-state index in [1.807, 2.05) is 31.2 Å². The fourth-order valence-corrected chi connectivity index (χ4v) is 2.60. The van der Waals surface area contributed by atoms with E-state index in [1.54, 1.807) is 12.1 Å². The number of benzene rings is 2. The van der Waals surface area contributed by atoms with Crippen molar-refractivity contribution in [2.75, 3.05) is 11.1 Å². The number of nitro benzene ring substituents is 1. The van der Waals surface area contributed by atoms with Gasteiger partial charge >= 0.3 is 0 Å². The number of non-ortho nitro benzene ring substituents is 1. The third-order valence-corrected chi connectivity index (χ3v) is 3.99. The Balaban J connectivity index is 1.77. The lowest BCUT2D eigenvalue weighted by Gasteiger charge is -2.05. The molecule has 0 aromatic heterocycles. The largest absolute Gasteiger partial charge is 0.325 e. The summed E-state index contributed by atoms with van der Waals surface area (Å²) in [6, 6.07) is 14.0. The Morgan fingerprint density at radius 2 is 1.77 bits per heavy atom. The van der Waals surface area contributed by atoms with Gasteiger partial charge in [0, 0.05) is 23.6 Å². The van der Waals surface area contributed by atoms with E-state index >= 15 is 0 Å². The summed E-state index contributed by atoms with van der Waals surface area (Å²) in [4.78, 5) is 21.9. The van der Waals surface area contributed by atoms with Crippen molar-refractivity contribution in [2.24, 2.45) is 0 Å². The highest BCUT2D eigenvalue weighted by atomic mass is 32.2. The molecule has 0 saturated carbocycles. The van der Waals surface area contributed by atoms with Gasteiger partial charge in [0.05, 0.1) is 10.7 Å². The molecule has 5 nitrogen and oxygen atoms in total. The molecule has 1 amide bonds. The Kier molecular flexibility index (Phi) is 5.55. The number of nitro groups is 1. The van der Waals surface area contributed by atoms with Crippen LogP contribution in [-0.4, -0.2) is 16.6 Å². The first-order chi connectivity index (χ1) is 10.5. The third kappa shape index (κ3) is 4.89. The first-order valence-corrected chi connectivity index (χ1v) is 7.87. The molecule has 2 aromatic rings. The van der Waals surface area contributed by atoms with Crippen LogP contribution in [0.2, 0.25) is 0 Å². The van der Waals surface area contributed by atoms with E-state index in [1.165, 1.54) is 23.9 Å². The molecule has 2 rings (SSSR count). The van der Waals surface area contributed by atoms with Gasteiger partial charge in [0.2, 0.25) is 5.91 Å². The van der Waals surface area contributed by atoms with Crippen molar-refractivity contribution >= 4 is 29.0 Å². The van der Waals surface area contributed by atoms with Crippen molar-refractivity contribution in [1.82, 2.24) is 0 Å². The van der Waals surface area contributed by atoms with E-state index in [-0.39, 0.29) is 11.6 Å². The number of amides is 1. The Hall–Kier alpha value is -2.34. The topological polar surface area (TPSA) is 72.2 Å². The van der Waals surface area contributed by atoms with Gasteiger partial charge in [-0.2, -0.15) is 0 Å². The molecule has 0 heterocycles. The number of anilines is 1. The molecular formula is C16H16N2O3S. The molecular weight excluding hydrogens is 300 g/mol. The monoisotopic (exact) mass is 316 g/mol. The summed E-state index contributed by atoms with van der Waals surface area (Å²) < 4.78 is 0. The summed E-state index contributed by atoms with van der Waals surface area (Å²) in [7, 11) is 0. The molecule has 6 heteroatoms. The van der Waals surface area contributed by atoms with E-state index in [0.717, 1.165) is 16.8 Å². The maximum Gasteiger partial charge on any atom is 0.269 e. The van der Waals surface area contributed by atoms with Crippen LogP contribution in [0.4, 0.5) is 11.4 Å². The Morgan fingerprint density at radius 1 is 1.14 bits per heavy atom. The highest BCUT2D eigenvalue weighted by Gasteiger charge is 2.06. The maximum atomic E-state index is 11.8. The summed E-state index contributed by atoms with van der Waals surface area (Å²) in [5, 5.41) is 13.4. The molecule has 1 N–H and O–H groups in total. The predicted octanol–water partition coefficient (Wildman–Crippen LogP) is 3.78. The zero-order chi connectivity index (χ0) is 15.9. The van der Waals surface area contributed by atoms with Crippen molar-refractivity contribution in [3.8, 4) is 0 Å². The number of aryl methyl sites for hydroxylation is 1. The van der Waals surface area contributed by atoms with E-state index < -0.39 is 4.92 Å². The summed E-state index contributed by atoms with van der Waals surface area (Å²) >= 11 is 1.47. The van der Waals surface area contributed by atoms with E-state index in [9.17, 15) is 14.9 Å². The second-order valence-electron chi connectivity index (χ2n) is 4.83. The van der Waals surface area contributed by atoms with E-state index in [4.69, 9.17) is 0 Å². The van der Waals surface area contributed by atoms with Crippen LogP contribution in [-0.2, 0) is 10.5 Å². The quantitative estimate of drug-likeness (QED) is 0.650. The smallest absolute Gasteiger partial charge is 0.269 e. The van der Waals surface area contributed by atoms with Gasteiger partial charge in [-0.05, 0) is 24.6 Å². The number of hydrogen-bond donors (Lipinski definition) is 1. The minimum atomic E-state index is -0.425. The molecule has 0 aliphatic rings. The van der Waals surface area contributed by atoms with Crippen LogP contribution in [0.3, 0.4) is 0 Å². The SMILES string of the molecule is Cc1ccc(NC(=O)CSCc2ccc([N+](=O)[O-])cc2)cc1. The highest BCUT2D eigenvalue weighted by molar-refractivity contribution is 7.99. The van der Waals surface area contributed by atoms with Crippen molar-refractivity contribution < 1.29 is 9.72 Å². The van der Waals surface area contributed by atoms with Gasteiger partial charge in [-0.15, -0.1) is 11.8 Å². The summed E-state index contributed by atoms with van der Waals surface area (Å²) in [5.41, 5.74) is 2.96. The average Bonchev–Trinajstić information content (AvgIpc) is 2.50. The van der Waals surface area contributed by atoms with Gasteiger partial charge in [-0.3, -0.25) is 14.9 Å². The standard InChI is InChI=1S/C16H16N2O3S/c1-12-2-6-14(7-3-12)17-16(19)11-22-10-13-4-8-15(9-5-13)18(20)21/h2-9H,10-11H2,1H3,(H,17,19). The zero-order valence-corrected chi connectivity index (χ0v) is 12.9. The fourth-order valence-electron chi connectivity index (χ4n) is 1.81. The maximum absolute atomic E-state index is 11.8. The molecule has 0 radical (unpaired) electrons. The average molecular weight is 316 g/mol. The van der Waals surface area contributed by atoms with Crippen LogP contribution in [0.5, 0.6) is 0 Å². The fraction of sp³-hybridized carbons (Fsp3) is 0.188. The van der Waals surface area contributed by atoms with Crippen LogP contribution in [0, 0.1) is 17.0 Å². The van der Waals surface area contributed by atoms with Gasteiger partial charge in [0.25, 0.3) is 5.69 Å². The van der Waals surface area contributed by atoms with Crippen molar-refractivity contribution in [2.45, 2.75) is 12.7 Å². The van der Waals surface area contributed by atoms with Gasteiger partial charge in [0.15, 0.2) is 0 Å².